The quantitative estimate of drug-likeness (QED) is 0.445. The van der Waals surface area contributed by atoms with Crippen LogP contribution in [0.25, 0.3) is 0 Å². The Kier molecular flexibility index (Phi) is 9.97. The van der Waals surface area contributed by atoms with Crippen LogP contribution in [-0.4, -0.2) is 47.8 Å². The predicted molar refractivity (Wildman–Crippen MR) is 133 cm³/mol. The minimum absolute atomic E-state index is 0.185. The van der Waals surface area contributed by atoms with Crippen molar-refractivity contribution in [2.75, 3.05) is 24.5 Å². The third-order valence-electron chi connectivity index (χ3n) is 4.62. The Morgan fingerprint density at radius 1 is 1.12 bits per heavy atom. The van der Waals surface area contributed by atoms with Crippen molar-refractivity contribution in [2.45, 2.75) is 64.0 Å². The zero-order valence-electron chi connectivity index (χ0n) is 19.8. The van der Waals surface area contributed by atoms with Crippen LogP contribution in [0.5, 0.6) is 5.88 Å². The number of aromatic nitrogens is 1. The van der Waals surface area contributed by atoms with E-state index in [0.717, 1.165) is 23.6 Å². The average molecular weight is 480 g/mol. The van der Waals surface area contributed by atoms with Crippen molar-refractivity contribution in [1.82, 2.24) is 9.88 Å². The van der Waals surface area contributed by atoms with Crippen LogP contribution in [0.3, 0.4) is 0 Å². The van der Waals surface area contributed by atoms with Crippen molar-refractivity contribution in [1.29, 1.82) is 0 Å². The summed E-state index contributed by atoms with van der Waals surface area (Å²) in [7, 11) is 1.61. The first-order chi connectivity index (χ1) is 15.3. The third kappa shape index (κ3) is 7.48. The first kappa shape index (κ1) is 26.1. The standard InChI is InChI=1S/C22H28ClN3O3S.C2H6/c1-22(2,3)29-21(27)25-14-12-16(13-15-25)26(19-10-7-11-20(24-19)28-4)30-18-9-6-5-8-17(18)23;1-2/h5-11,16H,12-15H2,1-4H3;1-2H3. The molecule has 32 heavy (non-hydrogen) atoms. The summed E-state index contributed by atoms with van der Waals surface area (Å²) in [6.45, 7) is 10.9. The van der Waals surface area contributed by atoms with Crippen LogP contribution in [0.2, 0.25) is 5.02 Å². The minimum Gasteiger partial charge on any atom is -0.481 e. The van der Waals surface area contributed by atoms with E-state index >= 15 is 0 Å². The van der Waals surface area contributed by atoms with Crippen LogP contribution in [0.1, 0.15) is 47.5 Å². The van der Waals surface area contributed by atoms with Crippen LogP contribution in [0.4, 0.5) is 10.6 Å². The normalized spacial score (nSPS) is 14.3. The van der Waals surface area contributed by atoms with Gasteiger partial charge in [0.25, 0.3) is 0 Å². The SMILES string of the molecule is CC.COc1cccc(N(Sc2ccccc2Cl)C2CCN(C(=O)OC(C)(C)C)CC2)n1. The summed E-state index contributed by atoms with van der Waals surface area (Å²) in [6.07, 6.45) is 1.34. The fourth-order valence-corrected chi connectivity index (χ4v) is 4.48. The van der Waals surface area contributed by atoms with Gasteiger partial charge in [-0.2, -0.15) is 4.98 Å². The highest BCUT2D eigenvalue weighted by Gasteiger charge is 2.31. The van der Waals surface area contributed by atoms with Crippen LogP contribution in [0, 0.1) is 0 Å². The van der Waals surface area contributed by atoms with Gasteiger partial charge in [-0.3, -0.25) is 4.31 Å². The number of benzene rings is 1. The van der Waals surface area contributed by atoms with Crippen molar-refractivity contribution >= 4 is 35.5 Å². The summed E-state index contributed by atoms with van der Waals surface area (Å²) < 4.78 is 13.0. The molecule has 3 rings (SSSR count). The Labute approximate surface area is 201 Å². The van der Waals surface area contributed by atoms with E-state index in [9.17, 15) is 4.79 Å². The molecule has 0 unspecified atom stereocenters. The molecule has 8 heteroatoms. The van der Waals surface area contributed by atoms with Crippen LogP contribution < -0.4 is 9.04 Å². The van der Waals surface area contributed by atoms with Gasteiger partial charge in [-0.15, -0.1) is 0 Å². The number of carbonyl (C=O) groups is 1. The minimum atomic E-state index is -0.496. The van der Waals surface area contributed by atoms with Gasteiger partial charge in [-0.25, -0.2) is 4.79 Å². The van der Waals surface area contributed by atoms with Crippen molar-refractivity contribution < 1.29 is 14.3 Å². The highest BCUT2D eigenvalue weighted by atomic mass is 35.5. The second-order valence-electron chi connectivity index (χ2n) is 8.08. The molecule has 1 fully saturated rings. The third-order valence-corrected chi connectivity index (χ3v) is 6.30. The number of hydrogen-bond acceptors (Lipinski definition) is 6. The molecule has 6 nitrogen and oxygen atoms in total. The van der Waals surface area contributed by atoms with E-state index in [2.05, 4.69) is 9.29 Å². The van der Waals surface area contributed by atoms with Crippen LogP contribution in [0.15, 0.2) is 47.4 Å². The summed E-state index contributed by atoms with van der Waals surface area (Å²) in [5, 5.41) is 0.696. The molecule has 1 aliphatic heterocycles. The molecule has 0 bridgehead atoms. The Bertz CT molecular complexity index is 868. The number of carbonyl (C=O) groups excluding carboxylic acids is 1. The molecule has 0 saturated carbocycles. The molecule has 0 aliphatic carbocycles. The average Bonchev–Trinajstić information content (AvgIpc) is 2.79. The molecule has 176 valence electrons. The highest BCUT2D eigenvalue weighted by Crippen LogP contribution is 2.37. The molecule has 1 amide bonds. The lowest BCUT2D eigenvalue weighted by molar-refractivity contribution is 0.0208. The van der Waals surface area contributed by atoms with Gasteiger partial charge in [0, 0.05) is 30.1 Å². The molecule has 0 spiro atoms. The number of likely N-dealkylation sites (tertiary alicyclic amines) is 1. The topological polar surface area (TPSA) is 54.9 Å². The largest absolute Gasteiger partial charge is 0.481 e. The summed E-state index contributed by atoms with van der Waals surface area (Å²) >= 11 is 7.98. The number of nitrogens with zero attached hydrogens (tertiary/aromatic N) is 3. The van der Waals surface area contributed by atoms with Gasteiger partial charge >= 0.3 is 6.09 Å². The fourth-order valence-electron chi connectivity index (χ4n) is 3.18. The van der Waals surface area contributed by atoms with Crippen molar-refractivity contribution in [2.24, 2.45) is 0 Å². The first-order valence-corrected chi connectivity index (χ1v) is 12.1. The Morgan fingerprint density at radius 3 is 2.38 bits per heavy atom. The summed E-state index contributed by atoms with van der Waals surface area (Å²) in [6, 6.07) is 13.7. The van der Waals surface area contributed by atoms with E-state index in [1.807, 2.05) is 77.1 Å². The molecular formula is C24H34ClN3O3S. The lowest BCUT2D eigenvalue weighted by atomic mass is 10.1. The molecule has 2 aromatic rings. The fraction of sp³-hybridized carbons (Fsp3) is 0.500. The monoisotopic (exact) mass is 479 g/mol. The molecule has 1 aromatic carbocycles. The molecule has 1 aliphatic rings. The number of rotatable bonds is 5. The zero-order valence-corrected chi connectivity index (χ0v) is 21.4. The van der Waals surface area contributed by atoms with Crippen LogP contribution >= 0.6 is 23.5 Å². The van der Waals surface area contributed by atoms with Gasteiger partial charge in [-0.1, -0.05) is 43.6 Å². The van der Waals surface area contributed by atoms with E-state index in [1.54, 1.807) is 24.0 Å². The maximum Gasteiger partial charge on any atom is 0.410 e. The first-order valence-electron chi connectivity index (χ1n) is 11.0. The van der Waals surface area contributed by atoms with Crippen molar-refractivity contribution in [3.05, 3.63) is 47.5 Å². The van der Waals surface area contributed by atoms with Gasteiger partial charge in [0.1, 0.15) is 11.4 Å². The number of pyridine rings is 1. The number of halogens is 1. The number of anilines is 1. The molecule has 1 saturated heterocycles. The predicted octanol–water partition coefficient (Wildman–Crippen LogP) is 6.68. The molecule has 0 radical (unpaired) electrons. The molecule has 1 aromatic heterocycles. The lowest BCUT2D eigenvalue weighted by Crippen LogP contribution is -2.46. The number of amides is 1. The number of hydrogen-bond donors (Lipinski definition) is 0. The highest BCUT2D eigenvalue weighted by molar-refractivity contribution is 8.00. The summed E-state index contributed by atoms with van der Waals surface area (Å²) in [4.78, 5) is 19.8. The van der Waals surface area contributed by atoms with Gasteiger partial charge < -0.3 is 14.4 Å². The molecular weight excluding hydrogens is 446 g/mol. The van der Waals surface area contributed by atoms with Gasteiger partial charge in [0.15, 0.2) is 0 Å². The summed E-state index contributed by atoms with van der Waals surface area (Å²) in [5.41, 5.74) is -0.496. The van der Waals surface area contributed by atoms with E-state index in [-0.39, 0.29) is 12.1 Å². The Balaban J connectivity index is 0.00000176. The lowest BCUT2D eigenvalue weighted by Gasteiger charge is -2.38. The maximum atomic E-state index is 12.4. The van der Waals surface area contributed by atoms with Crippen molar-refractivity contribution in [3.63, 3.8) is 0 Å². The molecule has 0 N–H and O–H groups in total. The van der Waals surface area contributed by atoms with E-state index in [1.165, 1.54) is 0 Å². The number of ether oxygens (including phenoxy) is 2. The summed E-state index contributed by atoms with van der Waals surface area (Å²) in [5.74, 6) is 1.36. The molecule has 0 atom stereocenters. The smallest absolute Gasteiger partial charge is 0.410 e. The number of piperidine rings is 1. The van der Waals surface area contributed by atoms with Crippen LogP contribution in [-0.2, 0) is 4.74 Å². The zero-order chi connectivity index (χ0) is 23.7. The molecule has 2 heterocycles. The second kappa shape index (κ2) is 12.2. The van der Waals surface area contributed by atoms with E-state index in [4.69, 9.17) is 21.1 Å². The van der Waals surface area contributed by atoms with Gasteiger partial charge in [0.2, 0.25) is 5.88 Å². The Morgan fingerprint density at radius 2 is 1.78 bits per heavy atom. The number of methoxy groups -OCH3 is 1. The second-order valence-corrected chi connectivity index (χ2v) is 9.51. The van der Waals surface area contributed by atoms with E-state index < -0.39 is 5.60 Å². The Hall–Kier alpha value is -2.12. The maximum absolute atomic E-state index is 12.4. The van der Waals surface area contributed by atoms with E-state index in [0.29, 0.717) is 24.0 Å². The van der Waals surface area contributed by atoms with Gasteiger partial charge in [-0.05, 0) is 63.8 Å². The van der Waals surface area contributed by atoms with Gasteiger partial charge in [0.05, 0.1) is 12.1 Å². The van der Waals surface area contributed by atoms with Crippen molar-refractivity contribution in [3.8, 4) is 5.88 Å².